The van der Waals surface area contributed by atoms with Gasteiger partial charge in [0.2, 0.25) is 10.0 Å². The summed E-state index contributed by atoms with van der Waals surface area (Å²) in [5.41, 5.74) is 1.64. The Morgan fingerprint density at radius 3 is 2.55 bits per heavy atom. The molecule has 7 nitrogen and oxygen atoms in total. The second-order valence-corrected chi connectivity index (χ2v) is 10.2. The maximum absolute atomic E-state index is 13.0. The van der Waals surface area contributed by atoms with Gasteiger partial charge in [-0.15, -0.1) is 0 Å². The van der Waals surface area contributed by atoms with Gasteiger partial charge in [0.25, 0.3) is 0 Å². The lowest BCUT2D eigenvalue weighted by atomic mass is 10.3. The van der Waals surface area contributed by atoms with E-state index in [0.717, 1.165) is 35.3 Å². The summed E-state index contributed by atoms with van der Waals surface area (Å²) in [6, 6.07) is 5.22. The highest BCUT2D eigenvalue weighted by molar-refractivity contribution is 8.22. The maximum atomic E-state index is 13.0. The maximum Gasteiger partial charge on any atom is 0.243 e. The van der Waals surface area contributed by atoms with E-state index < -0.39 is 10.0 Å². The smallest absolute Gasteiger partial charge is 0.243 e. The van der Waals surface area contributed by atoms with Crippen molar-refractivity contribution in [2.75, 3.05) is 39.4 Å². The molecule has 1 aliphatic rings. The molecule has 10 heteroatoms. The Morgan fingerprint density at radius 2 is 1.93 bits per heavy atom. The molecular weight excluding hydrogens is 428 g/mol. The third kappa shape index (κ3) is 4.77. The highest BCUT2D eigenvalue weighted by Gasteiger charge is 2.27. The molecule has 1 aromatic heterocycles. The molecule has 1 fully saturated rings. The van der Waals surface area contributed by atoms with Gasteiger partial charge in [-0.2, -0.15) is 4.31 Å². The predicted octanol–water partition coefficient (Wildman–Crippen LogP) is 2.94. The number of imidazole rings is 1. The molecule has 3 rings (SSSR count). The first-order valence-corrected chi connectivity index (χ1v) is 12.7. The lowest BCUT2D eigenvalue weighted by Gasteiger charge is -2.26. The number of benzene rings is 1. The Labute approximate surface area is 182 Å². The van der Waals surface area contributed by atoms with Gasteiger partial charge in [0, 0.05) is 32.7 Å². The molecule has 29 heavy (non-hydrogen) atoms. The van der Waals surface area contributed by atoms with Crippen molar-refractivity contribution in [3.05, 3.63) is 24.0 Å². The average Bonchev–Trinajstić information content (AvgIpc) is 3.10. The van der Waals surface area contributed by atoms with Crippen LogP contribution in [0.5, 0.6) is 0 Å². The topological polar surface area (TPSA) is 67.7 Å². The molecule has 0 radical (unpaired) electrons. The van der Waals surface area contributed by atoms with Crippen LogP contribution in [0.1, 0.15) is 26.6 Å². The number of thiocarbonyl (C=S) groups is 1. The molecule has 0 aliphatic carbocycles. The van der Waals surface area contributed by atoms with E-state index >= 15 is 0 Å². The van der Waals surface area contributed by atoms with E-state index in [1.165, 1.54) is 4.31 Å². The van der Waals surface area contributed by atoms with E-state index in [2.05, 4.69) is 30.2 Å². The van der Waals surface area contributed by atoms with E-state index in [1.54, 1.807) is 23.9 Å². The van der Waals surface area contributed by atoms with Crippen LogP contribution < -0.4 is 0 Å². The number of nitrogens with zero attached hydrogens (tertiary/aromatic N) is 4. The number of thioether (sulfide) groups is 1. The molecule has 2 heterocycles. The molecule has 1 aliphatic heterocycles. The minimum Gasteiger partial charge on any atom is -0.379 e. The number of ether oxygens (including phenoxy) is 1. The van der Waals surface area contributed by atoms with Crippen LogP contribution in [-0.2, 0) is 27.1 Å². The number of aryl methyl sites for hydroxylation is 1. The van der Waals surface area contributed by atoms with Crippen molar-refractivity contribution in [1.29, 1.82) is 0 Å². The fourth-order valence-electron chi connectivity index (χ4n) is 3.42. The Kier molecular flexibility index (Phi) is 7.55. The first-order chi connectivity index (χ1) is 13.9. The predicted molar refractivity (Wildman–Crippen MR) is 122 cm³/mol. The molecule has 0 amide bonds. The average molecular weight is 457 g/mol. The van der Waals surface area contributed by atoms with Crippen molar-refractivity contribution in [1.82, 2.24) is 18.8 Å². The largest absolute Gasteiger partial charge is 0.379 e. The number of sulfonamides is 1. The van der Waals surface area contributed by atoms with Gasteiger partial charge in [0.1, 0.15) is 10.1 Å². The monoisotopic (exact) mass is 456 g/mol. The van der Waals surface area contributed by atoms with E-state index in [9.17, 15) is 8.42 Å². The van der Waals surface area contributed by atoms with Crippen LogP contribution >= 0.6 is 24.0 Å². The van der Waals surface area contributed by atoms with Crippen LogP contribution in [0.4, 0.5) is 0 Å². The summed E-state index contributed by atoms with van der Waals surface area (Å²) in [5, 5.41) is 0. The molecule has 2 aromatic rings. The molecule has 0 saturated carbocycles. The van der Waals surface area contributed by atoms with Gasteiger partial charge < -0.3 is 14.2 Å². The minimum absolute atomic E-state index is 0.283. The zero-order valence-corrected chi connectivity index (χ0v) is 19.6. The lowest BCUT2D eigenvalue weighted by molar-refractivity contribution is 0.0730. The highest BCUT2D eigenvalue weighted by Crippen LogP contribution is 2.25. The van der Waals surface area contributed by atoms with Gasteiger partial charge in [-0.05, 0) is 39.0 Å². The quantitative estimate of drug-likeness (QED) is 0.594. The van der Waals surface area contributed by atoms with Gasteiger partial charge in [-0.3, -0.25) is 0 Å². The first-order valence-electron chi connectivity index (χ1n) is 9.91. The van der Waals surface area contributed by atoms with Crippen LogP contribution in [0.15, 0.2) is 23.1 Å². The summed E-state index contributed by atoms with van der Waals surface area (Å²) >= 11 is 7.13. The number of morpholine rings is 1. The van der Waals surface area contributed by atoms with Crippen molar-refractivity contribution >= 4 is 49.4 Å². The van der Waals surface area contributed by atoms with Gasteiger partial charge >= 0.3 is 0 Å². The molecule has 0 unspecified atom stereocenters. The second-order valence-electron chi connectivity index (χ2n) is 6.67. The molecule has 0 atom stereocenters. The molecule has 0 spiro atoms. The number of aromatic nitrogens is 2. The molecule has 1 aromatic carbocycles. The highest BCUT2D eigenvalue weighted by atomic mass is 32.2. The number of hydrogen-bond donors (Lipinski definition) is 0. The van der Waals surface area contributed by atoms with Crippen molar-refractivity contribution in [2.45, 2.75) is 38.0 Å². The lowest BCUT2D eigenvalue weighted by Crippen LogP contribution is -2.40. The van der Waals surface area contributed by atoms with Gasteiger partial charge in [0.15, 0.2) is 0 Å². The third-order valence-electron chi connectivity index (χ3n) is 5.07. The standard InChI is InChI=1S/C19H28N4O3S3/c1-4-21(5-2)19(27)28-14-18-20-16-13-15(7-8-17(16)23(18)6-3)29(24,25)22-9-11-26-12-10-22/h7-8,13H,4-6,9-12,14H2,1-3H3. The van der Waals surface area contributed by atoms with Gasteiger partial charge in [0.05, 0.1) is 34.9 Å². The van der Waals surface area contributed by atoms with Crippen molar-refractivity contribution in [2.24, 2.45) is 0 Å². The SMILES string of the molecule is CCN(CC)C(=S)SCc1nc2cc(S(=O)(=O)N3CCOCC3)ccc2n1CC. The zero-order chi connectivity index (χ0) is 21.0. The summed E-state index contributed by atoms with van der Waals surface area (Å²) in [5.74, 6) is 1.56. The van der Waals surface area contributed by atoms with Crippen molar-refractivity contribution in [3.8, 4) is 0 Å². The van der Waals surface area contributed by atoms with Crippen molar-refractivity contribution in [3.63, 3.8) is 0 Å². The van der Waals surface area contributed by atoms with Crippen LogP contribution in [0.2, 0.25) is 0 Å². The first kappa shape index (κ1) is 22.5. The summed E-state index contributed by atoms with van der Waals surface area (Å²) in [4.78, 5) is 7.17. The van der Waals surface area contributed by atoms with E-state index in [-0.39, 0.29) is 4.90 Å². The zero-order valence-electron chi connectivity index (χ0n) is 17.1. The minimum atomic E-state index is -3.54. The Bertz CT molecular complexity index is 964. The van der Waals surface area contributed by atoms with E-state index in [1.807, 2.05) is 6.07 Å². The van der Waals surface area contributed by atoms with Gasteiger partial charge in [-0.25, -0.2) is 13.4 Å². The summed E-state index contributed by atoms with van der Waals surface area (Å²) in [6.45, 7) is 10.4. The van der Waals surface area contributed by atoms with E-state index in [0.29, 0.717) is 37.6 Å². The molecule has 160 valence electrons. The molecular formula is C19H28N4O3S3. The molecule has 1 saturated heterocycles. The Morgan fingerprint density at radius 1 is 1.24 bits per heavy atom. The van der Waals surface area contributed by atoms with Crippen LogP contribution in [-0.4, -0.2) is 70.9 Å². The summed E-state index contributed by atoms with van der Waals surface area (Å²) < 4.78 is 35.7. The molecule has 0 bridgehead atoms. The number of rotatable bonds is 7. The van der Waals surface area contributed by atoms with Crippen LogP contribution in [0.3, 0.4) is 0 Å². The number of fused-ring (bicyclic) bond motifs is 1. The molecule has 0 N–H and O–H groups in total. The summed E-state index contributed by atoms with van der Waals surface area (Å²) in [7, 11) is -3.54. The fraction of sp³-hybridized carbons (Fsp3) is 0.579. The number of hydrogen-bond acceptors (Lipinski definition) is 6. The third-order valence-corrected chi connectivity index (χ3v) is 8.48. The summed E-state index contributed by atoms with van der Waals surface area (Å²) in [6.07, 6.45) is 0. The Hall–Kier alpha value is -1.20. The fourth-order valence-corrected chi connectivity index (χ4v) is 6.20. The van der Waals surface area contributed by atoms with Crippen molar-refractivity contribution < 1.29 is 13.2 Å². The second kappa shape index (κ2) is 9.74. The van der Waals surface area contributed by atoms with Gasteiger partial charge in [-0.1, -0.05) is 24.0 Å². The van der Waals surface area contributed by atoms with E-state index in [4.69, 9.17) is 21.9 Å². The van der Waals surface area contributed by atoms with Crippen LogP contribution in [0.25, 0.3) is 11.0 Å². The Balaban J connectivity index is 1.87. The normalized spacial score (nSPS) is 15.7. The van der Waals surface area contributed by atoms with Crippen LogP contribution in [0, 0.1) is 0 Å².